The molecule has 7 aromatic rings. The Bertz CT molecular complexity index is 2420. The molecule has 2 fully saturated rings. The summed E-state index contributed by atoms with van der Waals surface area (Å²) in [5, 5.41) is 3.59. The van der Waals surface area contributed by atoms with E-state index in [1.165, 1.54) is 46.2 Å². The molecule has 2 aliphatic rings. The smallest absolute Gasteiger partial charge is 0.252 e. The fourth-order valence-corrected chi connectivity index (χ4v) is 11.1. The molecule has 1 amide bonds. The Labute approximate surface area is 394 Å². The highest BCUT2D eigenvalue weighted by Crippen LogP contribution is 2.47. The molecule has 66 heavy (non-hydrogen) atoms. The number of nitrogens with one attached hydrogen (secondary N) is 1. The largest absolute Gasteiger partial charge is 0.343 e. The summed E-state index contributed by atoms with van der Waals surface area (Å²) in [6.07, 6.45) is 9.20. The molecule has 5 heteroatoms. The van der Waals surface area contributed by atoms with Gasteiger partial charge in [-0.05, 0) is 84.0 Å². The van der Waals surface area contributed by atoms with Crippen molar-refractivity contribution in [3.63, 3.8) is 0 Å². The van der Waals surface area contributed by atoms with Crippen LogP contribution in [0.5, 0.6) is 0 Å². The molecule has 2 aliphatic carbocycles. The Morgan fingerprint density at radius 2 is 0.773 bits per heavy atom. The number of amides is 1. The van der Waals surface area contributed by atoms with Gasteiger partial charge in [-0.3, -0.25) is 14.6 Å². The summed E-state index contributed by atoms with van der Waals surface area (Å²) in [6.45, 7) is 7.58. The molecular formula is C61H68N4O. The van der Waals surface area contributed by atoms with E-state index in [0.717, 1.165) is 81.4 Å². The van der Waals surface area contributed by atoms with Crippen LogP contribution >= 0.6 is 0 Å². The first-order valence-electron chi connectivity index (χ1n) is 24.2. The van der Waals surface area contributed by atoms with Crippen LogP contribution in [-0.4, -0.2) is 26.8 Å². The van der Waals surface area contributed by atoms with Gasteiger partial charge in [0.2, 0.25) is 0 Å². The molecule has 0 aromatic heterocycles. The summed E-state index contributed by atoms with van der Waals surface area (Å²) in [7, 11) is 0. The molecular weight excluding hydrogens is 805 g/mol. The molecule has 0 saturated heterocycles. The van der Waals surface area contributed by atoms with Gasteiger partial charge in [0.25, 0.3) is 5.91 Å². The molecule has 338 valence electrons. The van der Waals surface area contributed by atoms with Crippen LogP contribution in [-0.2, 0) is 26.2 Å². The van der Waals surface area contributed by atoms with Crippen molar-refractivity contribution in [1.82, 2.24) is 15.1 Å². The van der Waals surface area contributed by atoms with E-state index in [0.29, 0.717) is 0 Å². The predicted molar refractivity (Wildman–Crippen MR) is 273 cm³/mol. The normalized spacial score (nSPS) is 16.0. The predicted octanol–water partition coefficient (Wildman–Crippen LogP) is 13.5. The monoisotopic (exact) mass is 873 g/mol. The van der Waals surface area contributed by atoms with E-state index < -0.39 is 0 Å². The summed E-state index contributed by atoms with van der Waals surface area (Å²) in [5.41, 5.74) is 17.3. The fourth-order valence-electron chi connectivity index (χ4n) is 11.1. The number of nitrogens with two attached hydrogens (primary N) is 1. The highest BCUT2D eigenvalue weighted by Gasteiger charge is 2.48. The standard InChI is InChI=1S/C35H38N2O.C26H30N2/c1-27-15-14-16-28(2)32(27)34(38)36-33(31-21-10-5-11-22-31)35(23-12-13-24-35)37(25-29-17-6-3-7-18-29)26-30-19-8-4-9-20-30;27-25(24-16-8-3-9-17-24)26(18-10-11-19-26)28(20-22-12-4-1-5-13-22)21-23-14-6-2-7-15-23/h3-11,14-22,33H,12-13,23-26H2,1-2H3,(H,36,38);1-9,12-17,25H,10-11,18-21,27H2. The summed E-state index contributed by atoms with van der Waals surface area (Å²) in [4.78, 5) is 19.3. The van der Waals surface area contributed by atoms with Crippen molar-refractivity contribution in [3.05, 3.63) is 250 Å². The third-order valence-corrected chi connectivity index (χ3v) is 14.5. The first kappa shape index (κ1) is 46.4. The molecule has 9 rings (SSSR count). The molecule has 2 unspecified atom stereocenters. The molecule has 0 bridgehead atoms. The van der Waals surface area contributed by atoms with E-state index >= 15 is 0 Å². The van der Waals surface area contributed by atoms with Crippen LogP contribution in [0.25, 0.3) is 0 Å². The zero-order valence-electron chi connectivity index (χ0n) is 39.1. The molecule has 3 N–H and O–H groups in total. The number of hydrogen-bond donors (Lipinski definition) is 2. The van der Waals surface area contributed by atoms with Gasteiger partial charge in [0, 0.05) is 48.9 Å². The average molecular weight is 873 g/mol. The lowest BCUT2D eigenvalue weighted by atomic mass is 9.80. The van der Waals surface area contributed by atoms with Crippen molar-refractivity contribution in [2.75, 3.05) is 0 Å². The Hall–Kier alpha value is -6.11. The lowest BCUT2D eigenvalue weighted by molar-refractivity contribution is 0.0352. The second kappa shape index (κ2) is 22.4. The zero-order chi connectivity index (χ0) is 45.6. The molecule has 5 nitrogen and oxygen atoms in total. The van der Waals surface area contributed by atoms with Crippen molar-refractivity contribution < 1.29 is 4.79 Å². The van der Waals surface area contributed by atoms with E-state index in [1.807, 2.05) is 32.0 Å². The zero-order valence-corrected chi connectivity index (χ0v) is 39.1. The van der Waals surface area contributed by atoms with Crippen LogP contribution < -0.4 is 11.1 Å². The van der Waals surface area contributed by atoms with Crippen LogP contribution in [0.1, 0.15) is 118 Å². The third-order valence-electron chi connectivity index (χ3n) is 14.5. The summed E-state index contributed by atoms with van der Waals surface area (Å²) < 4.78 is 0. The van der Waals surface area contributed by atoms with Gasteiger partial charge in [-0.15, -0.1) is 0 Å². The Morgan fingerprint density at radius 1 is 0.455 bits per heavy atom. The molecule has 0 spiro atoms. The van der Waals surface area contributed by atoms with Gasteiger partial charge in [0.05, 0.1) is 6.04 Å². The van der Waals surface area contributed by atoms with E-state index in [9.17, 15) is 4.79 Å². The number of rotatable bonds is 16. The lowest BCUT2D eigenvalue weighted by Crippen LogP contribution is -2.55. The first-order chi connectivity index (χ1) is 32.3. The second-order valence-electron chi connectivity index (χ2n) is 18.7. The first-order valence-corrected chi connectivity index (χ1v) is 24.2. The topological polar surface area (TPSA) is 61.6 Å². The number of carbonyl (C=O) groups excluding carboxylic acids is 1. The van der Waals surface area contributed by atoms with Crippen molar-refractivity contribution in [2.45, 2.75) is 115 Å². The van der Waals surface area contributed by atoms with Crippen molar-refractivity contribution in [1.29, 1.82) is 0 Å². The van der Waals surface area contributed by atoms with Crippen LogP contribution in [0.3, 0.4) is 0 Å². The highest BCUT2D eigenvalue weighted by molar-refractivity contribution is 5.97. The van der Waals surface area contributed by atoms with Crippen LogP contribution in [0.4, 0.5) is 0 Å². The van der Waals surface area contributed by atoms with Gasteiger partial charge >= 0.3 is 0 Å². The second-order valence-corrected chi connectivity index (χ2v) is 18.7. The molecule has 0 heterocycles. The summed E-state index contributed by atoms with van der Waals surface area (Å²) in [5.74, 6) is 0.0140. The number of nitrogens with zero attached hydrogens (tertiary/aromatic N) is 2. The van der Waals surface area contributed by atoms with Crippen LogP contribution in [0.15, 0.2) is 200 Å². The van der Waals surface area contributed by atoms with Crippen molar-refractivity contribution in [2.24, 2.45) is 5.73 Å². The van der Waals surface area contributed by atoms with Gasteiger partial charge in [-0.1, -0.05) is 226 Å². The molecule has 0 aliphatic heterocycles. The molecule has 2 saturated carbocycles. The maximum Gasteiger partial charge on any atom is 0.252 e. The third kappa shape index (κ3) is 11.1. The lowest BCUT2D eigenvalue weighted by Gasteiger charge is -2.47. The van der Waals surface area contributed by atoms with Gasteiger partial charge < -0.3 is 11.1 Å². The Kier molecular flexibility index (Phi) is 15.7. The quantitative estimate of drug-likeness (QED) is 0.102. The minimum atomic E-state index is -0.209. The van der Waals surface area contributed by atoms with Crippen molar-refractivity contribution in [3.8, 4) is 0 Å². The van der Waals surface area contributed by atoms with Gasteiger partial charge in [0.1, 0.15) is 0 Å². The van der Waals surface area contributed by atoms with Crippen LogP contribution in [0, 0.1) is 13.8 Å². The number of hydrogen-bond acceptors (Lipinski definition) is 4. The molecule has 0 radical (unpaired) electrons. The molecule has 7 aromatic carbocycles. The molecule has 2 atom stereocenters. The van der Waals surface area contributed by atoms with Gasteiger partial charge in [-0.25, -0.2) is 0 Å². The highest BCUT2D eigenvalue weighted by atomic mass is 16.1. The minimum Gasteiger partial charge on any atom is -0.343 e. The van der Waals surface area contributed by atoms with Crippen molar-refractivity contribution >= 4 is 5.91 Å². The Balaban J connectivity index is 0.000000188. The number of aryl methyl sites for hydroxylation is 2. The van der Waals surface area contributed by atoms with E-state index in [-0.39, 0.29) is 29.1 Å². The SMILES string of the molecule is Cc1cccc(C)c1C(=O)NC(c1ccccc1)C1(N(Cc2ccccc2)Cc2ccccc2)CCCC1.NC(c1ccccc1)C1(N(Cc2ccccc2)Cc2ccccc2)CCCC1. The average Bonchev–Trinajstić information content (AvgIpc) is 4.08. The van der Waals surface area contributed by atoms with E-state index in [2.05, 4.69) is 197 Å². The van der Waals surface area contributed by atoms with Crippen LogP contribution in [0.2, 0.25) is 0 Å². The maximum absolute atomic E-state index is 14.0. The van der Waals surface area contributed by atoms with Gasteiger partial charge in [0.15, 0.2) is 0 Å². The van der Waals surface area contributed by atoms with Gasteiger partial charge in [-0.2, -0.15) is 0 Å². The number of benzene rings is 7. The van der Waals surface area contributed by atoms with E-state index in [4.69, 9.17) is 5.73 Å². The summed E-state index contributed by atoms with van der Waals surface area (Å²) in [6, 6.07) is 70.4. The van der Waals surface area contributed by atoms with E-state index in [1.54, 1.807) is 0 Å². The number of carbonyl (C=O) groups is 1. The minimum absolute atomic E-state index is 0.00691. The maximum atomic E-state index is 14.0. The fraction of sp³-hybridized carbons (Fsp3) is 0.295. The Morgan fingerprint density at radius 3 is 1.15 bits per heavy atom. The summed E-state index contributed by atoms with van der Waals surface area (Å²) >= 11 is 0.